The van der Waals surface area contributed by atoms with Gasteiger partial charge >= 0.3 is 0 Å². The molecule has 0 radical (unpaired) electrons. The van der Waals surface area contributed by atoms with Crippen molar-refractivity contribution >= 4 is 5.91 Å². The summed E-state index contributed by atoms with van der Waals surface area (Å²) < 4.78 is 0. The summed E-state index contributed by atoms with van der Waals surface area (Å²) in [6.45, 7) is 2.51. The molecule has 0 aromatic carbocycles. The van der Waals surface area contributed by atoms with Crippen molar-refractivity contribution in [2.24, 2.45) is 0 Å². The first-order valence-electron chi connectivity index (χ1n) is 6.27. The average molecular weight is 256 g/mol. The Bertz CT molecular complexity index is 542. The fraction of sp³-hybridized carbons (Fsp3) is 0.286. The molecule has 2 heterocycles. The number of pyridine rings is 1. The van der Waals surface area contributed by atoms with Crippen molar-refractivity contribution in [3.05, 3.63) is 53.9 Å². The second kappa shape index (κ2) is 6.58. The van der Waals surface area contributed by atoms with E-state index in [1.165, 1.54) is 6.33 Å². The van der Waals surface area contributed by atoms with Crippen LogP contribution in [0.2, 0.25) is 0 Å². The van der Waals surface area contributed by atoms with E-state index in [0.29, 0.717) is 12.1 Å². The third kappa shape index (κ3) is 3.58. The van der Waals surface area contributed by atoms with Gasteiger partial charge in [0.2, 0.25) is 0 Å². The zero-order valence-corrected chi connectivity index (χ0v) is 10.8. The third-order valence-corrected chi connectivity index (χ3v) is 2.70. The van der Waals surface area contributed by atoms with Gasteiger partial charge < -0.3 is 5.32 Å². The Kier molecular flexibility index (Phi) is 4.55. The molecule has 0 aliphatic heterocycles. The lowest BCUT2D eigenvalue weighted by Gasteiger charge is -2.08. The molecule has 98 valence electrons. The van der Waals surface area contributed by atoms with Gasteiger partial charge in [0.1, 0.15) is 6.33 Å². The highest BCUT2D eigenvalue weighted by Crippen LogP contribution is 2.07. The van der Waals surface area contributed by atoms with Gasteiger partial charge in [-0.15, -0.1) is 0 Å². The minimum Gasteiger partial charge on any atom is -0.348 e. The zero-order chi connectivity index (χ0) is 13.5. The standard InChI is InChI=1S/C14H16N4O/c1-2-4-13-12(9-16-10-18-13)14(19)17-8-11-5-3-6-15-7-11/h3,5-7,9-10H,2,4,8H2,1H3,(H,17,19). The molecule has 0 atom stereocenters. The van der Waals surface area contributed by atoms with Crippen LogP contribution < -0.4 is 5.32 Å². The van der Waals surface area contributed by atoms with E-state index in [-0.39, 0.29) is 5.91 Å². The second-order valence-electron chi connectivity index (χ2n) is 4.18. The molecule has 2 rings (SSSR count). The summed E-state index contributed by atoms with van der Waals surface area (Å²) in [6.07, 6.45) is 8.20. The van der Waals surface area contributed by atoms with Crippen LogP contribution in [-0.4, -0.2) is 20.9 Å². The quantitative estimate of drug-likeness (QED) is 0.885. The maximum absolute atomic E-state index is 12.1. The number of hydrogen-bond donors (Lipinski definition) is 1. The molecular weight excluding hydrogens is 240 g/mol. The smallest absolute Gasteiger partial charge is 0.254 e. The first kappa shape index (κ1) is 13.1. The van der Waals surface area contributed by atoms with Gasteiger partial charge in [-0.2, -0.15) is 0 Å². The molecule has 0 unspecified atom stereocenters. The van der Waals surface area contributed by atoms with Crippen LogP contribution in [-0.2, 0) is 13.0 Å². The predicted octanol–water partition coefficient (Wildman–Crippen LogP) is 1.75. The first-order chi connectivity index (χ1) is 9.31. The summed E-state index contributed by atoms with van der Waals surface area (Å²) in [5.74, 6) is -0.145. The molecule has 0 saturated carbocycles. The maximum atomic E-state index is 12.1. The number of aromatic nitrogens is 3. The SMILES string of the molecule is CCCc1ncncc1C(=O)NCc1cccnc1. The first-order valence-corrected chi connectivity index (χ1v) is 6.27. The molecule has 0 aliphatic rings. The number of hydrogen-bond acceptors (Lipinski definition) is 4. The Balaban J connectivity index is 2.04. The van der Waals surface area contributed by atoms with Gasteiger partial charge in [0, 0.05) is 25.1 Å². The predicted molar refractivity (Wildman–Crippen MR) is 71.4 cm³/mol. The van der Waals surface area contributed by atoms with E-state index in [0.717, 1.165) is 24.1 Å². The van der Waals surface area contributed by atoms with E-state index in [1.54, 1.807) is 18.6 Å². The zero-order valence-electron chi connectivity index (χ0n) is 10.8. The second-order valence-corrected chi connectivity index (χ2v) is 4.18. The molecule has 2 aromatic rings. The van der Waals surface area contributed by atoms with Crippen molar-refractivity contribution in [1.29, 1.82) is 0 Å². The van der Waals surface area contributed by atoms with E-state index >= 15 is 0 Å². The Morgan fingerprint density at radius 1 is 1.32 bits per heavy atom. The number of amides is 1. The molecule has 0 fully saturated rings. The highest BCUT2D eigenvalue weighted by molar-refractivity contribution is 5.94. The lowest BCUT2D eigenvalue weighted by atomic mass is 10.1. The van der Waals surface area contributed by atoms with E-state index in [1.807, 2.05) is 12.1 Å². The molecule has 0 bridgehead atoms. The van der Waals surface area contributed by atoms with Crippen LogP contribution in [0.15, 0.2) is 37.1 Å². The van der Waals surface area contributed by atoms with Crippen molar-refractivity contribution in [2.45, 2.75) is 26.3 Å². The highest BCUT2D eigenvalue weighted by atomic mass is 16.1. The Hall–Kier alpha value is -2.30. The van der Waals surface area contributed by atoms with Gasteiger partial charge in [-0.25, -0.2) is 9.97 Å². The molecule has 2 aromatic heterocycles. The summed E-state index contributed by atoms with van der Waals surface area (Å²) >= 11 is 0. The van der Waals surface area contributed by atoms with Crippen LogP contribution in [0.3, 0.4) is 0 Å². The van der Waals surface area contributed by atoms with Crippen molar-refractivity contribution in [1.82, 2.24) is 20.3 Å². The van der Waals surface area contributed by atoms with Crippen molar-refractivity contribution < 1.29 is 4.79 Å². The van der Waals surface area contributed by atoms with Crippen molar-refractivity contribution in [3.8, 4) is 0 Å². The minimum absolute atomic E-state index is 0.145. The van der Waals surface area contributed by atoms with Gasteiger partial charge in [-0.1, -0.05) is 19.4 Å². The fourth-order valence-corrected chi connectivity index (χ4v) is 1.76. The Labute approximate surface area is 112 Å². The molecule has 0 saturated heterocycles. The number of nitrogens with one attached hydrogen (secondary N) is 1. The summed E-state index contributed by atoms with van der Waals surface area (Å²) in [7, 11) is 0. The number of carbonyl (C=O) groups excluding carboxylic acids is 1. The average Bonchev–Trinajstić information content (AvgIpc) is 2.47. The van der Waals surface area contributed by atoms with Crippen LogP contribution >= 0.6 is 0 Å². The fourth-order valence-electron chi connectivity index (χ4n) is 1.76. The van der Waals surface area contributed by atoms with E-state index in [4.69, 9.17) is 0 Å². The molecule has 0 aliphatic carbocycles. The van der Waals surface area contributed by atoms with E-state index in [2.05, 4.69) is 27.2 Å². The van der Waals surface area contributed by atoms with Crippen molar-refractivity contribution in [2.75, 3.05) is 0 Å². The topological polar surface area (TPSA) is 67.8 Å². The largest absolute Gasteiger partial charge is 0.348 e. The van der Waals surface area contributed by atoms with Crippen molar-refractivity contribution in [3.63, 3.8) is 0 Å². The van der Waals surface area contributed by atoms with Crippen LogP contribution in [0.4, 0.5) is 0 Å². The summed E-state index contributed by atoms with van der Waals surface area (Å²) in [4.78, 5) is 24.2. The van der Waals surface area contributed by atoms with Gasteiger partial charge in [-0.05, 0) is 18.1 Å². The summed E-state index contributed by atoms with van der Waals surface area (Å²) in [5.41, 5.74) is 2.30. The maximum Gasteiger partial charge on any atom is 0.254 e. The van der Waals surface area contributed by atoms with E-state index < -0.39 is 0 Å². The number of aryl methyl sites for hydroxylation is 1. The molecule has 0 spiro atoms. The lowest BCUT2D eigenvalue weighted by molar-refractivity contribution is 0.0949. The minimum atomic E-state index is -0.145. The third-order valence-electron chi connectivity index (χ3n) is 2.70. The molecule has 1 N–H and O–H groups in total. The van der Waals surface area contributed by atoms with Gasteiger partial charge in [-0.3, -0.25) is 9.78 Å². The Morgan fingerprint density at radius 2 is 2.21 bits per heavy atom. The summed E-state index contributed by atoms with van der Waals surface area (Å²) in [5, 5.41) is 2.86. The Morgan fingerprint density at radius 3 is 2.95 bits per heavy atom. The molecule has 1 amide bonds. The molecular formula is C14H16N4O. The molecule has 19 heavy (non-hydrogen) atoms. The normalized spacial score (nSPS) is 10.2. The lowest BCUT2D eigenvalue weighted by Crippen LogP contribution is -2.24. The van der Waals surface area contributed by atoms with E-state index in [9.17, 15) is 4.79 Å². The monoisotopic (exact) mass is 256 g/mol. The highest BCUT2D eigenvalue weighted by Gasteiger charge is 2.11. The number of carbonyl (C=O) groups is 1. The number of nitrogens with zero attached hydrogens (tertiary/aromatic N) is 3. The summed E-state index contributed by atoms with van der Waals surface area (Å²) in [6, 6.07) is 3.76. The van der Waals surface area contributed by atoms with Gasteiger partial charge in [0.05, 0.1) is 11.3 Å². The van der Waals surface area contributed by atoms with Crippen LogP contribution in [0.5, 0.6) is 0 Å². The van der Waals surface area contributed by atoms with Gasteiger partial charge in [0.15, 0.2) is 0 Å². The van der Waals surface area contributed by atoms with Gasteiger partial charge in [0.25, 0.3) is 5.91 Å². The molecule has 5 nitrogen and oxygen atoms in total. The number of rotatable bonds is 5. The van der Waals surface area contributed by atoms with Crippen LogP contribution in [0, 0.1) is 0 Å². The van der Waals surface area contributed by atoms with Crippen LogP contribution in [0.1, 0.15) is 35.0 Å². The van der Waals surface area contributed by atoms with Crippen LogP contribution in [0.25, 0.3) is 0 Å². The molecule has 5 heteroatoms.